The number of halogens is 1. The van der Waals surface area contributed by atoms with Crippen molar-refractivity contribution >= 4 is 55.5 Å². The van der Waals surface area contributed by atoms with Crippen LogP contribution in [-0.4, -0.2) is 15.2 Å². The van der Waals surface area contributed by atoms with Crippen LogP contribution in [0.15, 0.2) is 63.2 Å². The summed E-state index contributed by atoms with van der Waals surface area (Å²) in [6.07, 6.45) is 0. The fraction of sp³-hybridized carbons (Fsp3) is 0. The van der Waals surface area contributed by atoms with Crippen LogP contribution in [0.5, 0.6) is 5.88 Å². The number of aromatic nitrogens is 1. The van der Waals surface area contributed by atoms with Crippen molar-refractivity contribution < 1.29 is 5.11 Å². The molecule has 110 valence electrons. The number of aromatic hydroxyl groups is 1. The van der Waals surface area contributed by atoms with E-state index in [-0.39, 0.29) is 11.0 Å². The predicted molar refractivity (Wildman–Crippen MR) is 94.8 cm³/mol. The van der Waals surface area contributed by atoms with Crippen LogP contribution in [0.1, 0.15) is 0 Å². The molecule has 0 atom stereocenters. The van der Waals surface area contributed by atoms with E-state index < -0.39 is 0 Å². The Kier molecular flexibility index (Phi) is 4.17. The number of aromatic amines is 1. The number of azo groups is 1. The number of anilines is 1. The second-order valence-electron chi connectivity index (χ2n) is 4.50. The van der Waals surface area contributed by atoms with Gasteiger partial charge in [-0.15, -0.1) is 10.2 Å². The Hall–Kier alpha value is -2.25. The van der Waals surface area contributed by atoms with Gasteiger partial charge in [0.25, 0.3) is 0 Å². The van der Waals surface area contributed by atoms with E-state index in [0.717, 1.165) is 21.1 Å². The fourth-order valence-electron chi connectivity index (χ4n) is 1.99. The summed E-state index contributed by atoms with van der Waals surface area (Å²) < 4.78 is 0.981. The number of thiocarbonyl (C=S) groups is 1. The molecule has 0 spiro atoms. The SMILES string of the molecule is Oc1[nH]c2ccccc2c1N=NC(=S)Nc1ccc(Br)cc1. The lowest BCUT2D eigenvalue weighted by atomic mass is 10.2. The molecule has 22 heavy (non-hydrogen) atoms. The first-order valence-corrected chi connectivity index (χ1v) is 7.61. The van der Waals surface area contributed by atoms with Gasteiger partial charge < -0.3 is 15.4 Å². The van der Waals surface area contributed by atoms with Crippen LogP contribution < -0.4 is 5.32 Å². The van der Waals surface area contributed by atoms with E-state index in [9.17, 15) is 5.11 Å². The average Bonchev–Trinajstić information content (AvgIpc) is 2.83. The van der Waals surface area contributed by atoms with Gasteiger partial charge >= 0.3 is 0 Å². The maximum absolute atomic E-state index is 9.89. The molecule has 3 N–H and O–H groups in total. The first-order valence-electron chi connectivity index (χ1n) is 6.41. The molecule has 1 aromatic heterocycles. The van der Waals surface area contributed by atoms with E-state index >= 15 is 0 Å². The molecule has 0 radical (unpaired) electrons. The highest BCUT2D eigenvalue weighted by Crippen LogP contribution is 2.35. The zero-order valence-electron chi connectivity index (χ0n) is 11.2. The minimum absolute atomic E-state index is 0.0311. The van der Waals surface area contributed by atoms with Gasteiger partial charge in [-0.05, 0) is 42.5 Å². The van der Waals surface area contributed by atoms with E-state index in [4.69, 9.17) is 12.2 Å². The lowest BCUT2D eigenvalue weighted by Gasteiger charge is -2.02. The highest BCUT2D eigenvalue weighted by atomic mass is 79.9. The van der Waals surface area contributed by atoms with E-state index in [0.29, 0.717) is 5.69 Å². The van der Waals surface area contributed by atoms with Gasteiger partial charge in [0.1, 0.15) is 0 Å². The molecule has 0 fully saturated rings. The topological polar surface area (TPSA) is 72.8 Å². The predicted octanol–water partition coefficient (Wildman–Crippen LogP) is 5.12. The third kappa shape index (κ3) is 3.15. The van der Waals surface area contributed by atoms with Crippen molar-refractivity contribution in [2.75, 3.05) is 5.32 Å². The van der Waals surface area contributed by atoms with Gasteiger partial charge in [0.05, 0.1) is 5.52 Å². The number of rotatable bonds is 2. The maximum Gasteiger partial charge on any atom is 0.218 e. The highest BCUT2D eigenvalue weighted by molar-refractivity contribution is 9.10. The molecule has 3 rings (SSSR count). The van der Waals surface area contributed by atoms with Crippen molar-refractivity contribution in [1.29, 1.82) is 0 Å². The monoisotopic (exact) mass is 374 g/mol. The zero-order chi connectivity index (χ0) is 15.5. The summed E-state index contributed by atoms with van der Waals surface area (Å²) >= 11 is 8.50. The molecular formula is C15H11BrN4OS. The lowest BCUT2D eigenvalue weighted by Crippen LogP contribution is -2.04. The van der Waals surface area contributed by atoms with Gasteiger partial charge in [-0.3, -0.25) is 0 Å². The van der Waals surface area contributed by atoms with E-state index in [1.807, 2.05) is 48.5 Å². The minimum Gasteiger partial charge on any atom is -0.493 e. The molecule has 2 aromatic carbocycles. The van der Waals surface area contributed by atoms with Crippen molar-refractivity contribution in [2.45, 2.75) is 0 Å². The summed E-state index contributed by atoms with van der Waals surface area (Å²) in [7, 11) is 0. The smallest absolute Gasteiger partial charge is 0.218 e. The summed E-state index contributed by atoms with van der Waals surface area (Å²) in [6, 6.07) is 15.0. The molecule has 5 nitrogen and oxygen atoms in total. The number of hydrogen-bond acceptors (Lipinski definition) is 3. The molecule has 0 bridgehead atoms. The van der Waals surface area contributed by atoms with Gasteiger partial charge in [-0.2, -0.15) is 0 Å². The third-order valence-corrected chi connectivity index (χ3v) is 3.71. The first kappa shape index (κ1) is 14.7. The number of nitrogens with zero attached hydrogens (tertiary/aromatic N) is 2. The molecule has 1 heterocycles. The van der Waals surface area contributed by atoms with Crippen LogP contribution >= 0.6 is 28.1 Å². The largest absolute Gasteiger partial charge is 0.493 e. The first-order chi connectivity index (χ1) is 10.6. The molecule has 0 aliphatic heterocycles. The average molecular weight is 375 g/mol. The van der Waals surface area contributed by atoms with Gasteiger partial charge in [-0.25, -0.2) is 0 Å². The van der Waals surface area contributed by atoms with Gasteiger partial charge in [0.2, 0.25) is 11.0 Å². The number of benzene rings is 2. The van der Waals surface area contributed by atoms with E-state index in [1.54, 1.807) is 0 Å². The summed E-state index contributed by atoms with van der Waals surface area (Å²) in [5, 5.41) is 21.8. The van der Waals surface area contributed by atoms with Gasteiger partial charge in [-0.1, -0.05) is 34.1 Å². The Labute approximate surface area is 140 Å². The van der Waals surface area contributed by atoms with Crippen molar-refractivity contribution in [3.8, 4) is 5.88 Å². The number of nitrogens with one attached hydrogen (secondary N) is 2. The molecule has 7 heteroatoms. The number of H-pyrrole nitrogens is 1. The zero-order valence-corrected chi connectivity index (χ0v) is 13.6. The van der Waals surface area contributed by atoms with Gasteiger partial charge in [0, 0.05) is 15.5 Å². The van der Waals surface area contributed by atoms with Crippen LogP contribution in [0, 0.1) is 0 Å². The molecular weight excluding hydrogens is 364 g/mol. The summed E-state index contributed by atoms with van der Waals surface area (Å²) in [5.74, 6) is -0.0311. The summed E-state index contributed by atoms with van der Waals surface area (Å²) in [5.41, 5.74) is 1.98. The van der Waals surface area contributed by atoms with Crippen LogP contribution in [0.4, 0.5) is 11.4 Å². The number of para-hydroxylation sites is 1. The highest BCUT2D eigenvalue weighted by Gasteiger charge is 2.09. The Morgan fingerprint density at radius 3 is 2.64 bits per heavy atom. The second-order valence-corrected chi connectivity index (χ2v) is 5.81. The molecule has 3 aromatic rings. The van der Waals surface area contributed by atoms with Crippen LogP contribution in [-0.2, 0) is 0 Å². The standard InChI is InChI=1S/C15H11BrN4OS/c16-9-5-7-10(8-6-9)17-15(22)20-19-13-11-3-1-2-4-12(11)18-14(13)21/h1-8,18,21H,(H,17,22). The fourth-order valence-corrected chi connectivity index (χ4v) is 2.41. The molecule has 0 aliphatic rings. The van der Waals surface area contributed by atoms with Crippen molar-refractivity contribution in [1.82, 2.24) is 4.98 Å². The Morgan fingerprint density at radius 2 is 1.86 bits per heavy atom. The van der Waals surface area contributed by atoms with E-state index in [2.05, 4.69) is 36.5 Å². The van der Waals surface area contributed by atoms with Crippen molar-refractivity contribution in [3.05, 3.63) is 53.0 Å². The Bertz CT molecular complexity index is 858. The Morgan fingerprint density at radius 1 is 1.14 bits per heavy atom. The maximum atomic E-state index is 9.89. The summed E-state index contributed by atoms with van der Waals surface area (Å²) in [4.78, 5) is 2.84. The molecule has 0 amide bonds. The third-order valence-electron chi connectivity index (χ3n) is 3.00. The molecule has 0 saturated carbocycles. The van der Waals surface area contributed by atoms with Crippen molar-refractivity contribution in [2.24, 2.45) is 10.2 Å². The quantitative estimate of drug-likeness (QED) is 0.430. The molecule has 0 saturated heterocycles. The summed E-state index contributed by atoms with van der Waals surface area (Å²) in [6.45, 7) is 0. The van der Waals surface area contributed by atoms with Crippen molar-refractivity contribution in [3.63, 3.8) is 0 Å². The number of hydrogen-bond donors (Lipinski definition) is 3. The molecule has 0 unspecified atom stereocenters. The Balaban J connectivity index is 1.79. The molecule has 0 aliphatic carbocycles. The minimum atomic E-state index is -0.0311. The van der Waals surface area contributed by atoms with E-state index in [1.165, 1.54) is 0 Å². The van der Waals surface area contributed by atoms with Crippen LogP contribution in [0.3, 0.4) is 0 Å². The van der Waals surface area contributed by atoms with Crippen LogP contribution in [0.2, 0.25) is 0 Å². The lowest BCUT2D eigenvalue weighted by molar-refractivity contribution is 0.459. The number of fused-ring (bicyclic) bond motifs is 1. The second kappa shape index (κ2) is 6.25. The van der Waals surface area contributed by atoms with Crippen LogP contribution in [0.25, 0.3) is 10.9 Å². The normalized spacial score (nSPS) is 11.1. The van der Waals surface area contributed by atoms with Gasteiger partial charge in [0.15, 0.2) is 5.69 Å².